The summed E-state index contributed by atoms with van der Waals surface area (Å²) >= 11 is 0. The van der Waals surface area contributed by atoms with Crippen LogP contribution in [-0.2, 0) is 20.0 Å². The Morgan fingerprint density at radius 3 is 1.61 bits per heavy atom. The molecule has 0 amide bonds. The lowest BCUT2D eigenvalue weighted by atomic mass is 10.4. The van der Waals surface area contributed by atoms with Crippen molar-refractivity contribution in [1.82, 2.24) is 9.03 Å². The van der Waals surface area contributed by atoms with E-state index in [2.05, 4.69) is 12.7 Å². The average molecular weight is 388 g/mol. The molecule has 23 heavy (non-hydrogen) atoms. The monoisotopic (exact) mass is 388 g/mol. The van der Waals surface area contributed by atoms with Crippen LogP contribution in [0.15, 0.2) is 37.2 Å². The van der Waals surface area contributed by atoms with Gasteiger partial charge in [0.05, 0.1) is 0 Å². The largest absolute Gasteiger partial charge is 0.512 e. The number of allylic oxidation sites excluding steroid dienone is 2. The van der Waals surface area contributed by atoms with E-state index in [9.17, 15) is 43.2 Å². The molecule has 0 saturated heterocycles. The van der Waals surface area contributed by atoms with Crippen molar-refractivity contribution in [3.05, 3.63) is 37.2 Å². The average Bonchev–Trinajstić information content (AvgIpc) is 2.36. The fourth-order valence-corrected chi connectivity index (χ4v) is 2.77. The first-order chi connectivity index (χ1) is 10.1. The van der Waals surface area contributed by atoms with E-state index < -0.39 is 35.2 Å². The summed E-state index contributed by atoms with van der Waals surface area (Å²) < 4.78 is 108. The van der Waals surface area contributed by atoms with Gasteiger partial charge in [-0.2, -0.15) is 26.3 Å². The predicted molar refractivity (Wildman–Crippen MR) is 68.3 cm³/mol. The van der Waals surface area contributed by atoms with E-state index in [1.165, 1.54) is 0 Å². The van der Waals surface area contributed by atoms with Gasteiger partial charge in [-0.25, -0.2) is 16.8 Å². The predicted octanol–water partition coefficient (Wildman–Crippen LogP) is 1.79. The summed E-state index contributed by atoms with van der Waals surface area (Å²) in [6, 6.07) is 0. The molecule has 0 fully saturated rings. The van der Waals surface area contributed by atoms with Gasteiger partial charge < -0.3 is 4.90 Å². The second kappa shape index (κ2) is 7.35. The van der Waals surface area contributed by atoms with E-state index in [1.807, 2.05) is 23.3 Å². The number of alkyl halides is 6. The maximum Gasteiger partial charge on any atom is 0.512 e. The van der Waals surface area contributed by atoms with E-state index >= 15 is 0 Å². The van der Waals surface area contributed by atoms with Crippen LogP contribution in [0.1, 0.15) is 0 Å². The van der Waals surface area contributed by atoms with Crippen LogP contribution in [0.2, 0.25) is 0 Å². The lowest BCUT2D eigenvalue weighted by Gasteiger charge is -2.13. The standard InChI is InChI=1S/C7H9N.C2HF6NO4S2/c1-2-8-6-4-3-5-7-8;3-1(4,5)14(10,11)9-15(12,13)2(6,7)8/h2-6H,1,7H2;9H. The third-order valence-corrected chi connectivity index (χ3v) is 4.88. The van der Waals surface area contributed by atoms with Crippen LogP contribution in [0.3, 0.4) is 0 Å². The summed E-state index contributed by atoms with van der Waals surface area (Å²) in [5, 5.41) is 0. The van der Waals surface area contributed by atoms with E-state index in [0.717, 1.165) is 6.54 Å². The molecule has 0 saturated carbocycles. The van der Waals surface area contributed by atoms with Gasteiger partial charge in [0.25, 0.3) is 0 Å². The molecule has 1 aliphatic heterocycles. The van der Waals surface area contributed by atoms with Crippen LogP contribution < -0.4 is 4.13 Å². The molecule has 1 rings (SSSR count). The van der Waals surface area contributed by atoms with E-state index in [1.54, 1.807) is 6.20 Å². The quantitative estimate of drug-likeness (QED) is 0.746. The van der Waals surface area contributed by atoms with Gasteiger partial charge >= 0.3 is 31.1 Å². The van der Waals surface area contributed by atoms with Crippen molar-refractivity contribution >= 4 is 20.0 Å². The van der Waals surface area contributed by atoms with Crippen molar-refractivity contribution in [2.24, 2.45) is 0 Å². The van der Waals surface area contributed by atoms with Crippen LogP contribution in [0.25, 0.3) is 0 Å². The Morgan fingerprint density at radius 2 is 1.39 bits per heavy atom. The lowest BCUT2D eigenvalue weighted by Crippen LogP contribution is -2.45. The second-order valence-corrected chi connectivity index (χ2v) is 7.24. The molecule has 6 nitrogen and oxygen atoms in total. The molecule has 0 unspecified atom stereocenters. The highest BCUT2D eigenvalue weighted by Gasteiger charge is 2.55. The van der Waals surface area contributed by atoms with Gasteiger partial charge in [0.2, 0.25) is 0 Å². The maximum absolute atomic E-state index is 11.5. The number of rotatable bonds is 3. The molecule has 0 radical (unpaired) electrons. The third kappa shape index (κ3) is 6.62. The lowest BCUT2D eigenvalue weighted by molar-refractivity contribution is -0.0476. The Bertz CT molecular complexity index is 634. The van der Waals surface area contributed by atoms with Gasteiger partial charge in [0.1, 0.15) is 0 Å². The fraction of sp³-hybridized carbons (Fsp3) is 0.333. The first kappa shape index (κ1) is 21.5. The molecule has 0 bridgehead atoms. The minimum atomic E-state index is -6.60. The molecule has 0 spiro atoms. The Labute approximate surface area is 127 Å². The van der Waals surface area contributed by atoms with Gasteiger partial charge in [-0.05, 0) is 12.3 Å². The van der Waals surface area contributed by atoms with Gasteiger partial charge in [-0.1, -0.05) is 22.9 Å². The molecule has 0 aromatic carbocycles. The molecular formula is C9H10F6N2O4S2. The van der Waals surface area contributed by atoms with Crippen LogP contribution in [0.5, 0.6) is 0 Å². The third-order valence-electron chi connectivity index (χ3n) is 1.90. The Hall–Kier alpha value is -1.54. The molecule has 14 heteroatoms. The van der Waals surface area contributed by atoms with Gasteiger partial charge in [-0.15, -0.1) is 0 Å². The maximum atomic E-state index is 11.5. The Morgan fingerprint density at radius 1 is 0.957 bits per heavy atom. The first-order valence-electron chi connectivity index (χ1n) is 5.27. The normalized spacial score (nSPS) is 15.8. The molecule has 0 aromatic heterocycles. The number of hydrogen-bond donors (Lipinski definition) is 1. The molecule has 1 heterocycles. The van der Waals surface area contributed by atoms with Crippen molar-refractivity contribution in [2.45, 2.75) is 11.0 Å². The number of halogens is 6. The molecule has 134 valence electrons. The molecular weight excluding hydrogens is 378 g/mol. The SMILES string of the molecule is C=CN1C=CC=CC1.O=S(=O)(NS(=O)(=O)C(F)(F)F)C(F)(F)F. The topological polar surface area (TPSA) is 83.6 Å². The van der Waals surface area contributed by atoms with Gasteiger partial charge in [-0.3, -0.25) is 0 Å². The van der Waals surface area contributed by atoms with Crippen LogP contribution in [-0.4, -0.2) is 39.3 Å². The summed E-state index contributed by atoms with van der Waals surface area (Å²) in [6.07, 6.45) is 9.90. The summed E-state index contributed by atoms with van der Waals surface area (Å²) in [5.41, 5.74) is -12.3. The second-order valence-electron chi connectivity index (χ2n) is 3.63. The summed E-state index contributed by atoms with van der Waals surface area (Å²) in [7, 11) is -13.2. The zero-order chi connectivity index (χ0) is 18.5. The van der Waals surface area contributed by atoms with Crippen LogP contribution in [0.4, 0.5) is 26.3 Å². The van der Waals surface area contributed by atoms with Crippen molar-refractivity contribution in [1.29, 1.82) is 0 Å². The number of hydrogen-bond acceptors (Lipinski definition) is 5. The van der Waals surface area contributed by atoms with E-state index in [-0.39, 0.29) is 0 Å². The fourth-order valence-electron chi connectivity index (χ4n) is 0.857. The van der Waals surface area contributed by atoms with Crippen molar-refractivity contribution in [3.8, 4) is 0 Å². The summed E-state index contributed by atoms with van der Waals surface area (Å²) in [4.78, 5) is 2.01. The zero-order valence-corrected chi connectivity index (χ0v) is 12.6. The zero-order valence-electron chi connectivity index (χ0n) is 11.0. The highest BCUT2D eigenvalue weighted by molar-refractivity contribution is 8.05. The Balaban J connectivity index is 0.000000502. The van der Waals surface area contributed by atoms with Crippen LogP contribution in [0, 0.1) is 0 Å². The summed E-state index contributed by atoms with van der Waals surface area (Å²) in [5.74, 6) is 0. The number of sulfonamides is 2. The first-order valence-corrected chi connectivity index (χ1v) is 8.23. The molecule has 1 aliphatic rings. The molecule has 0 atom stereocenters. The molecule has 1 N–H and O–H groups in total. The van der Waals surface area contributed by atoms with E-state index in [4.69, 9.17) is 0 Å². The minimum absolute atomic E-state index is 0.493. The smallest absolute Gasteiger partial charge is 0.351 e. The van der Waals surface area contributed by atoms with Crippen molar-refractivity contribution < 1.29 is 43.2 Å². The van der Waals surface area contributed by atoms with Gasteiger partial charge in [0.15, 0.2) is 0 Å². The Kier molecular flexibility index (Phi) is 6.86. The number of nitrogens with one attached hydrogen (secondary N) is 1. The van der Waals surface area contributed by atoms with Gasteiger partial charge in [0, 0.05) is 12.7 Å². The van der Waals surface area contributed by atoms with Crippen LogP contribution >= 0.6 is 0 Å². The van der Waals surface area contributed by atoms with Crippen molar-refractivity contribution in [3.63, 3.8) is 0 Å². The van der Waals surface area contributed by atoms with E-state index in [0.29, 0.717) is 0 Å². The highest BCUT2D eigenvalue weighted by Crippen LogP contribution is 2.27. The number of nitrogens with zero attached hydrogens (tertiary/aromatic N) is 1. The minimum Gasteiger partial charge on any atom is -0.351 e. The molecule has 0 aromatic rings. The summed E-state index contributed by atoms with van der Waals surface area (Å²) in [6.45, 7) is 4.58. The highest BCUT2D eigenvalue weighted by atomic mass is 32.3. The molecule has 0 aliphatic carbocycles. The van der Waals surface area contributed by atoms with Crippen molar-refractivity contribution in [2.75, 3.05) is 6.54 Å².